The number of hydrogen-bond donors (Lipinski definition) is 1. The molecule has 196 valence electrons. The maximum absolute atomic E-state index is 13.3. The van der Waals surface area contributed by atoms with Crippen LogP contribution >= 0.6 is 0 Å². The summed E-state index contributed by atoms with van der Waals surface area (Å²) in [7, 11) is 0. The van der Waals surface area contributed by atoms with Gasteiger partial charge in [0.25, 0.3) is 5.78 Å². The Labute approximate surface area is 220 Å². The fraction of sp³-hybridized carbons (Fsp3) is 0.103. The summed E-state index contributed by atoms with van der Waals surface area (Å²) in [5, 5.41) is 19.3. The van der Waals surface area contributed by atoms with E-state index in [1.54, 1.807) is 37.3 Å². The second kappa shape index (κ2) is 10.1. The first-order valence-electron chi connectivity index (χ1n) is 11.8. The first-order valence-corrected chi connectivity index (χ1v) is 11.8. The molecule has 1 N–H and O–H groups in total. The number of amides is 1. The van der Waals surface area contributed by atoms with Gasteiger partial charge in [0.05, 0.1) is 17.3 Å². The van der Waals surface area contributed by atoms with Crippen LogP contribution in [0.25, 0.3) is 16.9 Å². The van der Waals surface area contributed by atoms with Crippen LogP contribution < -0.4 is 9.64 Å². The minimum Gasteiger partial charge on any atom is -0.507 e. The summed E-state index contributed by atoms with van der Waals surface area (Å²) in [5.74, 6) is -2.80. The molecule has 1 saturated heterocycles. The van der Waals surface area contributed by atoms with Crippen molar-refractivity contribution < 1.29 is 32.6 Å². The third kappa shape index (κ3) is 5.22. The summed E-state index contributed by atoms with van der Waals surface area (Å²) < 4.78 is 42.0. The highest BCUT2D eigenvalue weighted by atomic mass is 19.4. The van der Waals surface area contributed by atoms with E-state index in [1.807, 2.05) is 30.3 Å². The Hall–Kier alpha value is -4.99. The minimum atomic E-state index is -4.89. The lowest BCUT2D eigenvalue weighted by Gasteiger charge is -2.24. The van der Waals surface area contributed by atoms with Crippen LogP contribution in [0.1, 0.15) is 22.9 Å². The molecular weight excluding hydrogens is 511 g/mol. The zero-order valence-electron chi connectivity index (χ0n) is 20.4. The number of carbonyl (C=O) groups is 2. The lowest BCUT2D eigenvalue weighted by molar-refractivity contribution is -0.274. The number of ketones is 1. The molecule has 0 radical (unpaired) electrons. The SMILES string of the molecule is Cc1ccc(N2C(=O)C(=O)/C(=C(\O)c3ccc(-c4ccccc4)cc3)C2c2ccc(OC(F)(F)F)cc2)nn1. The van der Waals surface area contributed by atoms with Gasteiger partial charge >= 0.3 is 12.3 Å². The number of anilines is 1. The number of aliphatic hydroxyl groups excluding tert-OH is 1. The second-order valence-electron chi connectivity index (χ2n) is 8.76. The van der Waals surface area contributed by atoms with Crippen molar-refractivity contribution in [2.24, 2.45) is 0 Å². The average Bonchev–Trinajstić information content (AvgIpc) is 3.19. The molecule has 0 spiro atoms. The lowest BCUT2D eigenvalue weighted by Crippen LogP contribution is -2.30. The third-order valence-electron chi connectivity index (χ3n) is 6.17. The Kier molecular flexibility index (Phi) is 6.61. The lowest BCUT2D eigenvalue weighted by atomic mass is 9.94. The highest BCUT2D eigenvalue weighted by Crippen LogP contribution is 2.42. The molecule has 4 aromatic rings. The van der Waals surface area contributed by atoms with Gasteiger partial charge < -0.3 is 9.84 Å². The van der Waals surface area contributed by atoms with Gasteiger partial charge in [0.15, 0.2) is 5.82 Å². The number of halogens is 3. The minimum absolute atomic E-state index is 0.0433. The molecule has 1 atom stereocenters. The molecule has 1 unspecified atom stereocenters. The Morgan fingerprint density at radius 3 is 2.08 bits per heavy atom. The van der Waals surface area contributed by atoms with Gasteiger partial charge in [-0.2, -0.15) is 5.10 Å². The molecule has 0 bridgehead atoms. The smallest absolute Gasteiger partial charge is 0.507 e. The zero-order chi connectivity index (χ0) is 27.7. The van der Waals surface area contributed by atoms with E-state index in [0.29, 0.717) is 5.69 Å². The number of aliphatic hydroxyl groups is 1. The normalized spacial score (nSPS) is 16.9. The summed E-state index contributed by atoms with van der Waals surface area (Å²) >= 11 is 0. The molecule has 1 amide bonds. The highest BCUT2D eigenvalue weighted by Gasteiger charge is 2.47. The van der Waals surface area contributed by atoms with Crippen molar-refractivity contribution >= 4 is 23.3 Å². The molecule has 1 fully saturated rings. The fourth-order valence-corrected chi connectivity index (χ4v) is 4.36. The number of carbonyl (C=O) groups excluding carboxylic acids is 2. The molecule has 0 aliphatic carbocycles. The van der Waals surface area contributed by atoms with Crippen LogP contribution in [0.15, 0.2) is 96.6 Å². The fourth-order valence-electron chi connectivity index (χ4n) is 4.36. The van der Waals surface area contributed by atoms with Crippen LogP contribution in [0.4, 0.5) is 19.0 Å². The van der Waals surface area contributed by atoms with Gasteiger partial charge in [-0.3, -0.25) is 14.5 Å². The zero-order valence-corrected chi connectivity index (χ0v) is 20.4. The molecule has 10 heteroatoms. The van der Waals surface area contributed by atoms with Gasteiger partial charge in [-0.05, 0) is 47.9 Å². The molecule has 1 aliphatic rings. The molecule has 0 saturated carbocycles. The predicted molar refractivity (Wildman–Crippen MR) is 137 cm³/mol. The number of aryl methyl sites for hydroxylation is 1. The molecular formula is C29H20F3N3O4. The predicted octanol–water partition coefficient (Wildman–Crippen LogP) is 5.98. The first kappa shape index (κ1) is 25.7. The molecule has 1 aliphatic heterocycles. The maximum Gasteiger partial charge on any atom is 0.573 e. The first-order chi connectivity index (χ1) is 18.6. The monoisotopic (exact) mass is 531 g/mol. The van der Waals surface area contributed by atoms with Gasteiger partial charge in [0, 0.05) is 5.56 Å². The molecule has 5 rings (SSSR count). The topological polar surface area (TPSA) is 92.6 Å². The van der Waals surface area contributed by atoms with Gasteiger partial charge in [0.2, 0.25) is 0 Å². The van der Waals surface area contributed by atoms with E-state index in [1.165, 1.54) is 18.2 Å². The van der Waals surface area contributed by atoms with E-state index < -0.39 is 35.6 Å². The summed E-state index contributed by atoms with van der Waals surface area (Å²) in [6.45, 7) is 1.70. The van der Waals surface area contributed by atoms with Crippen molar-refractivity contribution in [3.8, 4) is 16.9 Å². The number of Topliss-reactive ketones (excluding diaryl/α,β-unsaturated/α-hetero) is 1. The van der Waals surface area contributed by atoms with Crippen LogP contribution in [-0.2, 0) is 9.59 Å². The van der Waals surface area contributed by atoms with Gasteiger partial charge in [0.1, 0.15) is 11.5 Å². The second-order valence-corrected chi connectivity index (χ2v) is 8.76. The molecule has 3 aromatic carbocycles. The van der Waals surface area contributed by atoms with Crippen LogP contribution in [0.2, 0.25) is 0 Å². The van der Waals surface area contributed by atoms with Gasteiger partial charge in [-0.25, -0.2) is 0 Å². The Bertz CT molecular complexity index is 1550. The largest absolute Gasteiger partial charge is 0.573 e. The molecule has 39 heavy (non-hydrogen) atoms. The maximum atomic E-state index is 13.3. The van der Waals surface area contributed by atoms with E-state index in [2.05, 4.69) is 14.9 Å². The van der Waals surface area contributed by atoms with Gasteiger partial charge in [-0.1, -0.05) is 66.7 Å². The van der Waals surface area contributed by atoms with Crippen molar-refractivity contribution in [1.82, 2.24) is 10.2 Å². The quantitative estimate of drug-likeness (QED) is 0.194. The Morgan fingerprint density at radius 1 is 0.846 bits per heavy atom. The van der Waals surface area contributed by atoms with Gasteiger partial charge in [-0.15, -0.1) is 18.3 Å². The molecule has 7 nitrogen and oxygen atoms in total. The average molecular weight is 531 g/mol. The Morgan fingerprint density at radius 2 is 1.49 bits per heavy atom. The van der Waals surface area contributed by atoms with Crippen molar-refractivity contribution in [2.75, 3.05) is 4.90 Å². The Balaban J connectivity index is 1.61. The molecule has 2 heterocycles. The summed E-state index contributed by atoms with van der Waals surface area (Å²) in [6, 6.07) is 22.9. The number of rotatable bonds is 5. The van der Waals surface area contributed by atoms with E-state index in [-0.39, 0.29) is 22.5 Å². The van der Waals surface area contributed by atoms with Crippen molar-refractivity contribution in [1.29, 1.82) is 0 Å². The van der Waals surface area contributed by atoms with Crippen LogP contribution in [-0.4, -0.2) is 33.4 Å². The standard InChI is InChI=1S/C29H20F3N3O4/c1-17-7-16-23(34-33-17)35-25(20-12-14-22(15-13-20)39-29(30,31)32)24(27(37)28(35)38)26(36)21-10-8-19(9-11-21)18-5-3-2-4-6-18/h2-16,25,36H,1H3/b26-24-. The van der Waals surface area contributed by atoms with E-state index in [9.17, 15) is 27.9 Å². The number of alkyl halides is 3. The third-order valence-corrected chi connectivity index (χ3v) is 6.17. The van der Waals surface area contributed by atoms with Crippen molar-refractivity contribution in [3.05, 3.63) is 113 Å². The number of aromatic nitrogens is 2. The summed E-state index contributed by atoms with van der Waals surface area (Å²) in [6.07, 6.45) is -4.89. The summed E-state index contributed by atoms with van der Waals surface area (Å²) in [5.41, 5.74) is 2.70. The molecule has 1 aromatic heterocycles. The number of ether oxygens (including phenoxy) is 1. The summed E-state index contributed by atoms with van der Waals surface area (Å²) in [4.78, 5) is 27.5. The van der Waals surface area contributed by atoms with Crippen molar-refractivity contribution in [2.45, 2.75) is 19.3 Å². The number of hydrogen-bond acceptors (Lipinski definition) is 6. The number of benzene rings is 3. The van der Waals surface area contributed by atoms with E-state index in [4.69, 9.17) is 0 Å². The van der Waals surface area contributed by atoms with Crippen LogP contribution in [0.5, 0.6) is 5.75 Å². The van der Waals surface area contributed by atoms with E-state index >= 15 is 0 Å². The number of nitrogens with zero attached hydrogens (tertiary/aromatic N) is 3. The highest BCUT2D eigenvalue weighted by molar-refractivity contribution is 6.51. The van der Waals surface area contributed by atoms with Crippen LogP contribution in [0.3, 0.4) is 0 Å². The van der Waals surface area contributed by atoms with Crippen molar-refractivity contribution in [3.63, 3.8) is 0 Å². The van der Waals surface area contributed by atoms with E-state index in [0.717, 1.165) is 28.2 Å². The van der Waals surface area contributed by atoms with Crippen LogP contribution in [0, 0.1) is 6.92 Å².